The number of nitrogens with zero attached hydrogens (tertiary/aromatic N) is 4. The SMILES string of the molecule is COc1cc(CCC(=O)N(C)[C@@H]2CCCN(c3ccccn3)C2)on1. The molecule has 0 saturated carbocycles. The second-order valence-electron chi connectivity index (χ2n) is 6.27. The third-order valence-electron chi connectivity index (χ3n) is 4.64. The molecule has 3 heterocycles. The number of anilines is 1. The lowest BCUT2D eigenvalue weighted by Gasteiger charge is -2.38. The van der Waals surface area contributed by atoms with Crippen molar-refractivity contribution in [2.24, 2.45) is 0 Å². The third kappa shape index (κ3) is 4.29. The fourth-order valence-electron chi connectivity index (χ4n) is 3.14. The number of aryl methyl sites for hydroxylation is 1. The number of aromatic nitrogens is 2. The summed E-state index contributed by atoms with van der Waals surface area (Å²) in [6.45, 7) is 1.79. The predicted octanol–water partition coefficient (Wildman–Crippen LogP) is 2.14. The summed E-state index contributed by atoms with van der Waals surface area (Å²) in [6.07, 6.45) is 4.80. The Morgan fingerprint density at radius 3 is 3.08 bits per heavy atom. The van der Waals surface area contributed by atoms with Gasteiger partial charge in [-0.15, -0.1) is 0 Å². The van der Waals surface area contributed by atoms with E-state index in [0.29, 0.717) is 24.5 Å². The number of piperidine rings is 1. The van der Waals surface area contributed by atoms with Crippen molar-refractivity contribution in [1.82, 2.24) is 15.0 Å². The molecule has 1 fully saturated rings. The van der Waals surface area contributed by atoms with Gasteiger partial charge in [0.2, 0.25) is 5.91 Å². The number of hydrogen-bond donors (Lipinski definition) is 0. The van der Waals surface area contributed by atoms with Crippen LogP contribution in [0.5, 0.6) is 5.88 Å². The molecule has 0 N–H and O–H groups in total. The fraction of sp³-hybridized carbons (Fsp3) is 0.500. The highest BCUT2D eigenvalue weighted by atomic mass is 16.5. The summed E-state index contributed by atoms with van der Waals surface area (Å²) >= 11 is 0. The van der Waals surface area contributed by atoms with E-state index in [9.17, 15) is 4.79 Å². The van der Waals surface area contributed by atoms with Gasteiger partial charge in [-0.25, -0.2) is 4.98 Å². The van der Waals surface area contributed by atoms with E-state index in [-0.39, 0.29) is 11.9 Å². The molecule has 1 aliphatic rings. The Bertz CT molecular complexity index is 689. The van der Waals surface area contributed by atoms with Gasteiger partial charge in [0.1, 0.15) is 11.6 Å². The minimum Gasteiger partial charge on any atom is -0.479 e. The van der Waals surface area contributed by atoms with Crippen molar-refractivity contribution >= 4 is 11.7 Å². The molecule has 0 spiro atoms. The topological polar surface area (TPSA) is 71.7 Å². The summed E-state index contributed by atoms with van der Waals surface area (Å²) in [6, 6.07) is 7.84. The van der Waals surface area contributed by atoms with Crippen molar-refractivity contribution < 1.29 is 14.1 Å². The predicted molar refractivity (Wildman–Crippen MR) is 93.6 cm³/mol. The molecule has 1 amide bonds. The van der Waals surface area contributed by atoms with Gasteiger partial charge in [0.05, 0.1) is 7.11 Å². The molecule has 2 aromatic heterocycles. The highest BCUT2D eigenvalue weighted by Gasteiger charge is 2.26. The number of likely N-dealkylation sites (N-methyl/N-ethyl adjacent to an activating group) is 1. The Balaban J connectivity index is 1.54. The van der Waals surface area contributed by atoms with Crippen molar-refractivity contribution in [1.29, 1.82) is 0 Å². The second-order valence-corrected chi connectivity index (χ2v) is 6.27. The maximum Gasteiger partial charge on any atom is 0.254 e. The number of pyridine rings is 1. The van der Waals surface area contributed by atoms with Crippen LogP contribution in [-0.2, 0) is 11.2 Å². The number of ether oxygens (including phenoxy) is 1. The Morgan fingerprint density at radius 1 is 1.48 bits per heavy atom. The van der Waals surface area contributed by atoms with Crippen LogP contribution in [0.25, 0.3) is 0 Å². The average molecular weight is 344 g/mol. The first-order valence-corrected chi connectivity index (χ1v) is 8.58. The van der Waals surface area contributed by atoms with E-state index >= 15 is 0 Å². The van der Waals surface area contributed by atoms with Gasteiger partial charge in [-0.3, -0.25) is 4.79 Å². The molecule has 1 saturated heterocycles. The van der Waals surface area contributed by atoms with Crippen LogP contribution in [0.4, 0.5) is 5.82 Å². The van der Waals surface area contributed by atoms with Crippen LogP contribution in [0.2, 0.25) is 0 Å². The van der Waals surface area contributed by atoms with Crippen LogP contribution in [0.1, 0.15) is 25.0 Å². The lowest BCUT2D eigenvalue weighted by atomic mass is 10.0. The first-order valence-electron chi connectivity index (χ1n) is 8.58. The van der Waals surface area contributed by atoms with Gasteiger partial charge in [0, 0.05) is 51.3 Å². The second kappa shape index (κ2) is 8.00. The number of carbonyl (C=O) groups is 1. The van der Waals surface area contributed by atoms with Gasteiger partial charge < -0.3 is 19.1 Å². The molecule has 1 aliphatic heterocycles. The number of hydrogen-bond acceptors (Lipinski definition) is 6. The highest BCUT2D eigenvalue weighted by Crippen LogP contribution is 2.21. The monoisotopic (exact) mass is 344 g/mol. The van der Waals surface area contributed by atoms with E-state index in [1.54, 1.807) is 12.3 Å². The van der Waals surface area contributed by atoms with E-state index < -0.39 is 0 Å². The van der Waals surface area contributed by atoms with Crippen molar-refractivity contribution in [2.75, 3.05) is 32.1 Å². The van der Waals surface area contributed by atoms with Crippen molar-refractivity contribution in [2.45, 2.75) is 31.7 Å². The van der Waals surface area contributed by atoms with Gasteiger partial charge in [0.15, 0.2) is 0 Å². The largest absolute Gasteiger partial charge is 0.479 e. The van der Waals surface area contributed by atoms with E-state index in [2.05, 4.69) is 15.0 Å². The molecule has 7 nitrogen and oxygen atoms in total. The number of methoxy groups -OCH3 is 1. The molecule has 7 heteroatoms. The Kier molecular flexibility index (Phi) is 5.53. The van der Waals surface area contributed by atoms with Gasteiger partial charge >= 0.3 is 0 Å². The van der Waals surface area contributed by atoms with Crippen LogP contribution < -0.4 is 9.64 Å². The maximum atomic E-state index is 12.5. The van der Waals surface area contributed by atoms with Crippen molar-refractivity contribution in [3.8, 4) is 5.88 Å². The van der Waals surface area contributed by atoms with Gasteiger partial charge in [-0.05, 0) is 30.1 Å². The Labute approximate surface area is 147 Å². The molecule has 134 valence electrons. The van der Waals surface area contributed by atoms with Gasteiger partial charge in [0.25, 0.3) is 5.88 Å². The fourth-order valence-corrected chi connectivity index (χ4v) is 3.14. The molecule has 3 rings (SSSR count). The van der Waals surface area contributed by atoms with E-state index in [4.69, 9.17) is 9.26 Å². The third-order valence-corrected chi connectivity index (χ3v) is 4.64. The summed E-state index contributed by atoms with van der Waals surface area (Å²) < 4.78 is 10.1. The minimum atomic E-state index is 0.114. The lowest BCUT2D eigenvalue weighted by molar-refractivity contribution is -0.132. The lowest BCUT2D eigenvalue weighted by Crippen LogP contribution is -2.48. The normalized spacial score (nSPS) is 17.4. The number of carbonyl (C=O) groups excluding carboxylic acids is 1. The van der Waals surface area contributed by atoms with Gasteiger partial charge in [-0.2, -0.15) is 0 Å². The molecule has 0 unspecified atom stereocenters. The summed E-state index contributed by atoms with van der Waals surface area (Å²) in [5.41, 5.74) is 0. The van der Waals surface area contributed by atoms with Crippen molar-refractivity contribution in [3.05, 3.63) is 36.2 Å². The summed E-state index contributed by atoms with van der Waals surface area (Å²) in [5.74, 6) is 2.19. The summed E-state index contributed by atoms with van der Waals surface area (Å²) in [7, 11) is 3.42. The summed E-state index contributed by atoms with van der Waals surface area (Å²) in [4.78, 5) is 21.1. The zero-order chi connectivity index (χ0) is 17.6. The van der Waals surface area contributed by atoms with Crippen LogP contribution in [0, 0.1) is 0 Å². The average Bonchev–Trinajstić information content (AvgIpc) is 3.14. The molecular formula is C18H24N4O3. The maximum absolute atomic E-state index is 12.5. The molecule has 0 aromatic carbocycles. The van der Waals surface area contributed by atoms with E-state index in [1.807, 2.05) is 30.1 Å². The molecule has 0 aliphatic carbocycles. The van der Waals surface area contributed by atoms with Crippen LogP contribution in [-0.4, -0.2) is 54.2 Å². The quantitative estimate of drug-likeness (QED) is 0.799. The zero-order valence-electron chi connectivity index (χ0n) is 14.7. The van der Waals surface area contributed by atoms with E-state index in [1.165, 1.54) is 7.11 Å². The molecular weight excluding hydrogens is 320 g/mol. The molecule has 1 atom stereocenters. The molecule has 0 bridgehead atoms. The first-order chi connectivity index (χ1) is 12.2. The summed E-state index contributed by atoms with van der Waals surface area (Å²) in [5, 5.41) is 3.76. The number of rotatable bonds is 6. The highest BCUT2D eigenvalue weighted by molar-refractivity contribution is 5.76. The minimum absolute atomic E-state index is 0.114. The standard InChI is InChI=1S/C18H24N4O3/c1-21(18(23)9-8-15-12-17(24-2)20-25-15)14-6-5-11-22(13-14)16-7-3-4-10-19-16/h3-4,7,10,12,14H,5-6,8-9,11,13H2,1-2H3/t14-/m1/s1. The Hall–Kier alpha value is -2.57. The van der Waals surface area contributed by atoms with Crippen LogP contribution >= 0.6 is 0 Å². The zero-order valence-corrected chi connectivity index (χ0v) is 14.7. The molecule has 25 heavy (non-hydrogen) atoms. The molecule has 0 radical (unpaired) electrons. The smallest absolute Gasteiger partial charge is 0.254 e. The van der Waals surface area contributed by atoms with E-state index in [0.717, 1.165) is 31.7 Å². The Morgan fingerprint density at radius 2 is 2.36 bits per heavy atom. The van der Waals surface area contributed by atoms with Crippen molar-refractivity contribution in [3.63, 3.8) is 0 Å². The number of amides is 1. The molecule has 2 aromatic rings. The van der Waals surface area contributed by atoms with Crippen LogP contribution in [0.15, 0.2) is 35.0 Å². The van der Waals surface area contributed by atoms with Crippen LogP contribution in [0.3, 0.4) is 0 Å². The van der Waals surface area contributed by atoms with Gasteiger partial charge in [-0.1, -0.05) is 6.07 Å². The first kappa shape index (κ1) is 17.3.